The van der Waals surface area contributed by atoms with E-state index in [1.807, 2.05) is 0 Å². The standard InChI is InChI=1S/C16H31NO3/c1-3-5-7-9-11-13-15(17(19)20)16(18)14-12-10-8-6-4-2/h15H,3-14H2,1-2H3. The summed E-state index contributed by atoms with van der Waals surface area (Å²) >= 11 is 0. The van der Waals surface area contributed by atoms with Gasteiger partial charge in [-0.3, -0.25) is 14.9 Å². The molecule has 0 N–H and O–H groups in total. The highest BCUT2D eigenvalue weighted by molar-refractivity contribution is 5.82. The number of hydrogen-bond donors (Lipinski definition) is 0. The zero-order valence-corrected chi connectivity index (χ0v) is 13.2. The summed E-state index contributed by atoms with van der Waals surface area (Å²) < 4.78 is 0. The van der Waals surface area contributed by atoms with Crippen molar-refractivity contribution in [2.24, 2.45) is 0 Å². The SMILES string of the molecule is CCCCCCCC(=O)C(CCCCCCC)[N+](=O)[O-]. The molecule has 0 radical (unpaired) electrons. The number of unbranched alkanes of at least 4 members (excludes halogenated alkanes) is 8. The molecule has 0 saturated carbocycles. The largest absolute Gasteiger partial charge is 0.292 e. The molecule has 0 aromatic rings. The Morgan fingerprint density at radius 1 is 0.900 bits per heavy atom. The maximum Gasteiger partial charge on any atom is 0.270 e. The Balaban J connectivity index is 3.86. The monoisotopic (exact) mass is 285 g/mol. The Kier molecular flexibility index (Phi) is 12.5. The van der Waals surface area contributed by atoms with Crippen LogP contribution in [-0.4, -0.2) is 16.7 Å². The first-order chi connectivity index (χ1) is 9.63. The molecule has 0 fully saturated rings. The van der Waals surface area contributed by atoms with Gasteiger partial charge >= 0.3 is 0 Å². The van der Waals surface area contributed by atoms with Crippen molar-refractivity contribution < 1.29 is 9.72 Å². The Hall–Kier alpha value is -0.930. The van der Waals surface area contributed by atoms with Crippen molar-refractivity contribution in [2.45, 2.75) is 96.9 Å². The van der Waals surface area contributed by atoms with E-state index in [4.69, 9.17) is 0 Å². The highest BCUT2D eigenvalue weighted by Crippen LogP contribution is 2.13. The van der Waals surface area contributed by atoms with Crippen LogP contribution in [0.25, 0.3) is 0 Å². The molecular weight excluding hydrogens is 254 g/mol. The van der Waals surface area contributed by atoms with Crippen LogP contribution in [0, 0.1) is 10.1 Å². The van der Waals surface area contributed by atoms with Crippen LogP contribution in [0.3, 0.4) is 0 Å². The van der Waals surface area contributed by atoms with Crippen LogP contribution in [0.5, 0.6) is 0 Å². The topological polar surface area (TPSA) is 60.2 Å². The second kappa shape index (κ2) is 13.1. The number of carbonyl (C=O) groups excluding carboxylic acids is 1. The van der Waals surface area contributed by atoms with E-state index < -0.39 is 6.04 Å². The number of hydrogen-bond acceptors (Lipinski definition) is 3. The Morgan fingerprint density at radius 2 is 1.40 bits per heavy atom. The number of nitrogens with zero attached hydrogens (tertiary/aromatic N) is 1. The van der Waals surface area contributed by atoms with Crippen molar-refractivity contribution in [3.8, 4) is 0 Å². The molecule has 0 rings (SSSR count). The van der Waals surface area contributed by atoms with Gasteiger partial charge in [-0.25, -0.2) is 0 Å². The molecule has 1 unspecified atom stereocenters. The zero-order valence-electron chi connectivity index (χ0n) is 13.2. The van der Waals surface area contributed by atoms with E-state index in [0.717, 1.165) is 44.9 Å². The predicted molar refractivity (Wildman–Crippen MR) is 82.5 cm³/mol. The minimum Gasteiger partial charge on any atom is -0.292 e. The lowest BCUT2D eigenvalue weighted by Crippen LogP contribution is -2.29. The minimum atomic E-state index is -0.956. The molecule has 0 amide bonds. The van der Waals surface area contributed by atoms with Gasteiger partial charge < -0.3 is 0 Å². The van der Waals surface area contributed by atoms with Crippen molar-refractivity contribution in [2.75, 3.05) is 0 Å². The van der Waals surface area contributed by atoms with E-state index >= 15 is 0 Å². The fraction of sp³-hybridized carbons (Fsp3) is 0.938. The average Bonchev–Trinajstić information content (AvgIpc) is 2.42. The van der Waals surface area contributed by atoms with Gasteiger partial charge in [0.2, 0.25) is 5.78 Å². The smallest absolute Gasteiger partial charge is 0.270 e. The average molecular weight is 285 g/mol. The number of Topliss-reactive ketones (excluding diaryl/α,β-unsaturated/α-hetero) is 1. The van der Waals surface area contributed by atoms with Gasteiger partial charge in [-0.1, -0.05) is 65.2 Å². The Labute approximate surface area is 123 Å². The third kappa shape index (κ3) is 9.93. The number of nitro groups is 1. The van der Waals surface area contributed by atoms with Crippen LogP contribution in [0.4, 0.5) is 0 Å². The van der Waals surface area contributed by atoms with Gasteiger partial charge in [0.05, 0.1) is 0 Å². The van der Waals surface area contributed by atoms with Gasteiger partial charge in [-0.15, -0.1) is 0 Å². The van der Waals surface area contributed by atoms with Gasteiger partial charge in [0, 0.05) is 17.8 Å². The normalized spacial score (nSPS) is 12.3. The molecule has 0 aromatic carbocycles. The summed E-state index contributed by atoms with van der Waals surface area (Å²) in [6, 6.07) is -0.956. The van der Waals surface area contributed by atoms with E-state index in [0.29, 0.717) is 12.8 Å². The molecule has 0 aliphatic heterocycles. The van der Waals surface area contributed by atoms with Crippen molar-refractivity contribution in [1.29, 1.82) is 0 Å². The molecule has 4 heteroatoms. The third-order valence-electron chi connectivity index (χ3n) is 3.73. The molecule has 0 spiro atoms. The fourth-order valence-corrected chi connectivity index (χ4v) is 2.39. The first-order valence-corrected chi connectivity index (χ1v) is 8.29. The Bertz CT molecular complexity index is 266. The summed E-state index contributed by atoms with van der Waals surface area (Å²) in [6.07, 6.45) is 11.4. The van der Waals surface area contributed by atoms with E-state index in [-0.39, 0.29) is 10.7 Å². The number of ketones is 1. The summed E-state index contributed by atoms with van der Waals surface area (Å²) in [7, 11) is 0. The quantitative estimate of drug-likeness (QED) is 0.258. The molecule has 0 aliphatic carbocycles. The molecule has 4 nitrogen and oxygen atoms in total. The van der Waals surface area contributed by atoms with Gasteiger partial charge in [-0.05, 0) is 12.8 Å². The van der Waals surface area contributed by atoms with Crippen LogP contribution in [-0.2, 0) is 4.79 Å². The van der Waals surface area contributed by atoms with Crippen molar-refractivity contribution in [1.82, 2.24) is 0 Å². The first kappa shape index (κ1) is 19.1. The van der Waals surface area contributed by atoms with Crippen molar-refractivity contribution in [3.63, 3.8) is 0 Å². The molecule has 0 heterocycles. The van der Waals surface area contributed by atoms with E-state index in [1.54, 1.807) is 0 Å². The lowest BCUT2D eigenvalue weighted by atomic mass is 9.99. The van der Waals surface area contributed by atoms with Crippen LogP contribution in [0.2, 0.25) is 0 Å². The highest BCUT2D eigenvalue weighted by atomic mass is 16.6. The van der Waals surface area contributed by atoms with Gasteiger partial charge in [0.25, 0.3) is 6.04 Å². The lowest BCUT2D eigenvalue weighted by Gasteiger charge is -2.08. The summed E-state index contributed by atoms with van der Waals surface area (Å²) in [4.78, 5) is 22.5. The summed E-state index contributed by atoms with van der Waals surface area (Å²) in [5.74, 6) is -0.165. The summed E-state index contributed by atoms with van der Waals surface area (Å²) in [5.41, 5.74) is 0. The third-order valence-corrected chi connectivity index (χ3v) is 3.73. The number of carbonyl (C=O) groups is 1. The molecular formula is C16H31NO3. The molecule has 1 atom stereocenters. The van der Waals surface area contributed by atoms with Crippen LogP contribution in [0.1, 0.15) is 90.9 Å². The molecule has 0 aromatic heterocycles. The predicted octanol–water partition coefficient (Wildman–Crippen LogP) is 4.92. The molecule has 118 valence electrons. The molecule has 0 saturated heterocycles. The molecule has 0 aliphatic rings. The van der Waals surface area contributed by atoms with Crippen LogP contribution in [0.15, 0.2) is 0 Å². The first-order valence-electron chi connectivity index (χ1n) is 8.29. The second-order valence-electron chi connectivity index (χ2n) is 5.63. The fourth-order valence-electron chi connectivity index (χ4n) is 2.39. The van der Waals surface area contributed by atoms with E-state index in [2.05, 4.69) is 13.8 Å². The molecule has 20 heavy (non-hydrogen) atoms. The summed E-state index contributed by atoms with van der Waals surface area (Å²) in [6.45, 7) is 4.29. The van der Waals surface area contributed by atoms with Gasteiger partial charge in [-0.2, -0.15) is 0 Å². The van der Waals surface area contributed by atoms with Gasteiger partial charge in [0.1, 0.15) is 0 Å². The van der Waals surface area contributed by atoms with Crippen LogP contribution >= 0.6 is 0 Å². The van der Waals surface area contributed by atoms with Crippen molar-refractivity contribution in [3.05, 3.63) is 10.1 Å². The molecule has 0 bridgehead atoms. The minimum absolute atomic E-state index is 0.165. The second-order valence-corrected chi connectivity index (χ2v) is 5.63. The van der Waals surface area contributed by atoms with E-state index in [9.17, 15) is 14.9 Å². The highest BCUT2D eigenvalue weighted by Gasteiger charge is 2.27. The van der Waals surface area contributed by atoms with E-state index in [1.165, 1.54) is 19.3 Å². The lowest BCUT2D eigenvalue weighted by molar-refractivity contribution is -0.508. The van der Waals surface area contributed by atoms with Crippen LogP contribution < -0.4 is 0 Å². The zero-order chi connectivity index (χ0) is 15.2. The Morgan fingerprint density at radius 3 is 1.90 bits per heavy atom. The summed E-state index contributed by atoms with van der Waals surface area (Å²) in [5, 5.41) is 11.0. The number of rotatable bonds is 14. The maximum absolute atomic E-state index is 11.9. The maximum atomic E-state index is 11.9. The van der Waals surface area contributed by atoms with Crippen molar-refractivity contribution >= 4 is 5.78 Å². The van der Waals surface area contributed by atoms with Gasteiger partial charge in [0.15, 0.2) is 0 Å².